The van der Waals surface area contributed by atoms with E-state index in [1.54, 1.807) is 0 Å². The molecule has 0 spiro atoms. The summed E-state index contributed by atoms with van der Waals surface area (Å²) >= 11 is 6.08. The molecule has 9 N–H and O–H groups in total. The lowest BCUT2D eigenvalue weighted by Gasteiger charge is -2.27. The van der Waals surface area contributed by atoms with Crippen molar-refractivity contribution in [3.63, 3.8) is 0 Å². The van der Waals surface area contributed by atoms with Gasteiger partial charge in [-0.15, -0.1) is 31.4 Å². The minimum absolute atomic E-state index is 0.00246. The van der Waals surface area contributed by atoms with Crippen molar-refractivity contribution in [2.75, 3.05) is 18.1 Å². The summed E-state index contributed by atoms with van der Waals surface area (Å²) in [7, 11) is -3.03. The fourth-order valence-corrected chi connectivity index (χ4v) is 8.86. The number of aliphatic hydroxyl groups excluding tert-OH is 1. The molecule has 3 fully saturated rings. The largest absolute Gasteiger partial charge is 0.694 e. The number of fused-ring (bicyclic) bond motifs is 3. The molecule has 1 aliphatic carbocycles. The maximum Gasteiger partial charge on any atom is 0.694 e. The van der Waals surface area contributed by atoms with Gasteiger partial charge in [-0.05, 0) is 11.8 Å². The molecule has 0 amide bonds. The van der Waals surface area contributed by atoms with Crippen molar-refractivity contribution in [2.45, 2.75) is 53.0 Å². The summed E-state index contributed by atoms with van der Waals surface area (Å²) < 4.78 is 50.4. The highest BCUT2D eigenvalue weighted by Gasteiger charge is 2.80. The van der Waals surface area contributed by atoms with Gasteiger partial charge >= 0.3 is 15.0 Å². The third-order valence-electron chi connectivity index (χ3n) is 7.34. The Bertz CT molecular complexity index is 1950. The van der Waals surface area contributed by atoms with Gasteiger partial charge in [0.25, 0.3) is 5.56 Å². The summed E-state index contributed by atoms with van der Waals surface area (Å²) in [6.45, 7) is -4.90. The Hall–Kier alpha value is -2.93. The number of nitrogens with two attached hydrogens (primary N) is 2. The average Bonchev–Trinajstić information content (AvgIpc) is 3.49. The highest BCUT2D eigenvalue weighted by atomic mass is 32.5. The first-order chi connectivity index (χ1) is 21.3. The van der Waals surface area contributed by atoms with Crippen molar-refractivity contribution in [2.24, 2.45) is 0 Å². The molecule has 11 atom stereocenters. The first-order valence-corrected chi connectivity index (χ1v) is 17.2. The molecular weight excluding hydrogens is 689 g/mol. The van der Waals surface area contributed by atoms with Crippen molar-refractivity contribution < 1.29 is 47.3 Å². The zero-order valence-electron chi connectivity index (χ0n) is 21.9. The molecule has 7 rings (SSSR count). The van der Waals surface area contributed by atoms with Crippen molar-refractivity contribution in [3.05, 3.63) is 16.7 Å². The van der Waals surface area contributed by atoms with Gasteiger partial charge in [0.15, 0.2) is 46.1 Å². The quantitative estimate of drug-likeness (QED) is 0.0885. The van der Waals surface area contributed by atoms with Gasteiger partial charge < -0.3 is 31.3 Å². The van der Waals surface area contributed by atoms with Gasteiger partial charge in [-0.3, -0.25) is 18.8 Å². The molecule has 3 unspecified atom stereocenters. The smallest absolute Gasteiger partial charge is 0.389 e. The maximum absolute atomic E-state index is 15.6. The molecule has 0 radical (unpaired) electrons. The van der Waals surface area contributed by atoms with E-state index < -0.39 is 80.2 Å². The summed E-state index contributed by atoms with van der Waals surface area (Å²) in [5.41, 5.74) is 8.24. The summed E-state index contributed by atoms with van der Waals surface area (Å²) in [4.78, 5) is 46.5. The number of nitrogens with zero attached hydrogens (tertiary/aromatic N) is 9. The molecule has 27 heteroatoms. The lowest BCUT2D eigenvalue weighted by molar-refractivity contribution is -0.0675. The Morgan fingerprint density at radius 2 is 1.96 bits per heavy atom. The van der Waals surface area contributed by atoms with Crippen LogP contribution in [0.4, 0.5) is 16.2 Å². The van der Waals surface area contributed by atoms with E-state index in [0.717, 1.165) is 27.5 Å². The number of thioether (sulfide) groups is 1. The van der Waals surface area contributed by atoms with Gasteiger partial charge in [0.2, 0.25) is 5.95 Å². The van der Waals surface area contributed by atoms with E-state index in [4.69, 9.17) is 46.5 Å². The van der Waals surface area contributed by atoms with Crippen molar-refractivity contribution in [3.8, 4) is 0 Å². The summed E-state index contributed by atoms with van der Waals surface area (Å²) in [5.74, 6) is -0.274. The van der Waals surface area contributed by atoms with Crippen molar-refractivity contribution in [1.82, 2.24) is 49.9 Å². The average molecular weight is 710 g/mol. The maximum atomic E-state index is 15.6. The number of rotatable bonds is 9. The molecule has 4 aromatic heterocycles. The number of nitrogen functional groups attached to an aromatic ring is 2. The molecule has 1 saturated carbocycles. The Balaban J connectivity index is 1.12. The fraction of sp³-hybridized carbons (Fsp3) is 0.556. The molecule has 2 saturated heterocycles. The lowest BCUT2D eigenvalue weighted by atomic mass is 10.1. The van der Waals surface area contributed by atoms with E-state index >= 15 is 4.39 Å². The van der Waals surface area contributed by atoms with E-state index in [9.17, 15) is 24.5 Å². The normalized spacial score (nSPS) is 34.3. The number of hydrogen-bond donors (Lipinski definition) is 7. The number of H-pyrrole nitrogens is 1. The standard InChI is InChI=1S/C18H19FN12O10P2S2/c19-8-15(30-12-4(26-28-30)11(20)22-2-23-12)39-9-10(18(8,9)34)41-43(37,44)40-7-6(32)3(1-38-42(35)36)45-16(7)31-13-5(27-29-31)14(33)25-17(21)24-13/h2-3,6-10,15-16,32,34H,1H2,(H6-,20,21,22,23,24,25,28,29,33,35,36,37,44)/p+1/t3-,6-,7-,8-,9-,10?,15-,16-,18+,43?/m1/s1. The molecule has 240 valence electrons. The predicted molar refractivity (Wildman–Crippen MR) is 150 cm³/mol. The van der Waals surface area contributed by atoms with Crippen LogP contribution < -0.4 is 17.0 Å². The highest BCUT2D eigenvalue weighted by molar-refractivity contribution is 8.07. The molecule has 45 heavy (non-hydrogen) atoms. The Morgan fingerprint density at radius 3 is 2.67 bits per heavy atom. The van der Waals surface area contributed by atoms with Gasteiger partial charge in [0.05, 0.1) is 11.4 Å². The molecule has 2 aliphatic heterocycles. The Labute approximate surface area is 257 Å². The monoisotopic (exact) mass is 709 g/mol. The highest BCUT2D eigenvalue weighted by Crippen LogP contribution is 2.63. The number of alkyl halides is 1. The molecule has 4 aromatic rings. The third-order valence-corrected chi connectivity index (χ3v) is 10.7. The second kappa shape index (κ2) is 10.8. The predicted octanol–water partition coefficient (Wildman–Crippen LogP) is -2.48. The van der Waals surface area contributed by atoms with Crippen molar-refractivity contribution >= 4 is 72.6 Å². The second-order valence-corrected chi connectivity index (χ2v) is 14.9. The topological polar surface area (TPSA) is 320 Å². The van der Waals surface area contributed by atoms with E-state index in [1.807, 2.05) is 0 Å². The van der Waals surface area contributed by atoms with E-state index in [-0.39, 0.29) is 34.1 Å². The Kier molecular flexibility index (Phi) is 7.38. The van der Waals surface area contributed by atoms with Gasteiger partial charge in [-0.25, -0.2) is 19.0 Å². The van der Waals surface area contributed by atoms with Crippen molar-refractivity contribution in [1.29, 1.82) is 0 Å². The Morgan fingerprint density at radius 1 is 1.22 bits per heavy atom. The number of hydrogen-bond acceptors (Lipinski definition) is 19. The molecule has 6 heterocycles. The molecule has 0 aromatic carbocycles. The number of aromatic nitrogens is 10. The van der Waals surface area contributed by atoms with E-state index in [1.165, 1.54) is 0 Å². The number of halogens is 1. The molecule has 22 nitrogen and oxygen atoms in total. The lowest BCUT2D eigenvalue weighted by Crippen LogP contribution is -2.36. The van der Waals surface area contributed by atoms with Crippen LogP contribution >= 0.6 is 26.7 Å². The van der Waals surface area contributed by atoms with Crippen LogP contribution in [0.3, 0.4) is 0 Å². The van der Waals surface area contributed by atoms with E-state index in [2.05, 4.69) is 40.6 Å². The minimum atomic E-state index is -4.45. The number of ether oxygens (including phenoxy) is 1. The number of nitrogens with one attached hydrogen (secondary N) is 1. The van der Waals surface area contributed by atoms with Crippen LogP contribution in [0.15, 0.2) is 11.1 Å². The van der Waals surface area contributed by atoms with Crippen LogP contribution in [0.1, 0.15) is 11.6 Å². The minimum Gasteiger partial charge on any atom is -0.389 e. The molecular formula is C18H20FN12O10P2S2+. The van der Waals surface area contributed by atoms with Gasteiger partial charge in [-0.2, -0.15) is 9.67 Å². The summed E-state index contributed by atoms with van der Waals surface area (Å²) in [6.07, 6.45) is -8.39. The molecule has 0 bridgehead atoms. The van der Waals surface area contributed by atoms with Gasteiger partial charge in [0.1, 0.15) is 36.6 Å². The first-order valence-electron chi connectivity index (χ1n) is 12.6. The number of aliphatic hydroxyl groups is 2. The first kappa shape index (κ1) is 30.7. The SMILES string of the molecule is Nc1nc2c(nnn2[C@@H]2S[C@H](CO[P+](=O)O)[C@@H](O)[C@H]2OP(O)(=S)OC2[C@H]3O[C@@H](n4nnc5c(N)ncnc54)[C@@H](F)[C@@]23O)c(=O)[nH]1. The number of aromatic amines is 1. The van der Waals surface area contributed by atoms with Crippen LogP contribution in [0.5, 0.6) is 0 Å². The van der Waals surface area contributed by atoms with Crippen LogP contribution in [0.25, 0.3) is 22.3 Å². The van der Waals surface area contributed by atoms with Crippen LogP contribution in [-0.4, -0.2) is 118 Å². The third kappa shape index (κ3) is 4.99. The fourth-order valence-electron chi connectivity index (χ4n) is 5.20. The number of anilines is 2. The van der Waals surface area contributed by atoms with Crippen LogP contribution in [0.2, 0.25) is 0 Å². The second-order valence-electron chi connectivity index (χ2n) is 10.0. The zero-order valence-corrected chi connectivity index (χ0v) is 25.3. The summed E-state index contributed by atoms with van der Waals surface area (Å²) in [5, 5.41) is 35.4. The molecule has 3 aliphatic rings. The van der Waals surface area contributed by atoms with Crippen LogP contribution in [-0.2, 0) is 34.7 Å². The van der Waals surface area contributed by atoms with Gasteiger partial charge in [0, 0.05) is 4.57 Å². The van der Waals surface area contributed by atoms with E-state index in [0.29, 0.717) is 0 Å². The summed E-state index contributed by atoms with van der Waals surface area (Å²) in [6, 6.07) is 0. The van der Waals surface area contributed by atoms with Gasteiger partial charge in [-0.1, -0.05) is 10.4 Å². The zero-order chi connectivity index (χ0) is 32.0. The van der Waals surface area contributed by atoms with Crippen LogP contribution in [0, 0.1) is 0 Å².